The second-order valence-electron chi connectivity index (χ2n) is 7.73. The Morgan fingerprint density at radius 1 is 1.19 bits per heavy atom. The molecule has 7 nitrogen and oxygen atoms in total. The minimum atomic E-state index is -1.38. The standard InChI is InChI=1S/C24H21N5O2/c1-2-8-18-20-22(28-27-18)31-21(26)17(13-25)24(20)16-11-6-7-12-19(16)29(23(24)30)14-15-9-4-3-5-10-15/h3-7,9-12H,2,8,14,26H2,1H3,(H,27,28)/t24-/m1/s1. The van der Waals surface area contributed by atoms with Crippen molar-refractivity contribution in [2.45, 2.75) is 31.7 Å². The molecule has 1 atom stereocenters. The number of carbonyl (C=O) groups excluding carboxylic acids is 1. The number of nitrogens with zero attached hydrogens (tertiary/aromatic N) is 3. The van der Waals surface area contributed by atoms with Crippen molar-refractivity contribution in [3.63, 3.8) is 0 Å². The van der Waals surface area contributed by atoms with Crippen LogP contribution >= 0.6 is 0 Å². The van der Waals surface area contributed by atoms with E-state index in [-0.39, 0.29) is 23.2 Å². The molecule has 0 unspecified atom stereocenters. The molecule has 0 fully saturated rings. The SMILES string of the molecule is CCCc1[nH]nc2c1[C@]1(C(=O)N(Cc3ccccc3)c3ccccc31)C(C#N)=C(N)O2. The lowest BCUT2D eigenvalue weighted by molar-refractivity contribution is -0.121. The number of H-pyrrole nitrogens is 1. The van der Waals surface area contributed by atoms with Crippen molar-refractivity contribution >= 4 is 11.6 Å². The molecule has 7 heteroatoms. The summed E-state index contributed by atoms with van der Waals surface area (Å²) < 4.78 is 5.69. The Labute approximate surface area is 179 Å². The van der Waals surface area contributed by atoms with Gasteiger partial charge >= 0.3 is 0 Å². The van der Waals surface area contributed by atoms with Crippen molar-refractivity contribution in [2.75, 3.05) is 4.90 Å². The zero-order valence-corrected chi connectivity index (χ0v) is 17.1. The van der Waals surface area contributed by atoms with Gasteiger partial charge in [-0.05, 0) is 18.1 Å². The fourth-order valence-corrected chi connectivity index (χ4v) is 4.71. The quantitative estimate of drug-likeness (QED) is 0.685. The van der Waals surface area contributed by atoms with Crippen molar-refractivity contribution < 1.29 is 9.53 Å². The average Bonchev–Trinajstić information content (AvgIpc) is 3.28. The highest BCUT2D eigenvalue weighted by molar-refractivity contribution is 6.14. The smallest absolute Gasteiger partial charge is 0.248 e. The number of amides is 1. The number of carbonyl (C=O) groups is 1. The lowest BCUT2D eigenvalue weighted by Crippen LogP contribution is -2.46. The van der Waals surface area contributed by atoms with Crippen molar-refractivity contribution in [3.05, 3.63) is 88.4 Å². The van der Waals surface area contributed by atoms with E-state index in [0.29, 0.717) is 18.5 Å². The summed E-state index contributed by atoms with van der Waals surface area (Å²) in [6.45, 7) is 2.43. The number of aryl methyl sites for hydroxylation is 1. The highest BCUT2D eigenvalue weighted by Crippen LogP contribution is 2.56. The maximum Gasteiger partial charge on any atom is 0.248 e. The molecule has 0 saturated heterocycles. The highest BCUT2D eigenvalue weighted by atomic mass is 16.5. The van der Waals surface area contributed by atoms with Gasteiger partial charge in [-0.3, -0.25) is 9.89 Å². The maximum absolute atomic E-state index is 14.3. The first-order valence-corrected chi connectivity index (χ1v) is 10.2. The second kappa shape index (κ2) is 7.03. The van der Waals surface area contributed by atoms with E-state index < -0.39 is 5.41 Å². The van der Waals surface area contributed by atoms with Gasteiger partial charge in [0, 0.05) is 16.9 Å². The second-order valence-corrected chi connectivity index (χ2v) is 7.73. The number of aromatic nitrogens is 2. The third-order valence-electron chi connectivity index (χ3n) is 5.97. The number of anilines is 1. The molecule has 3 N–H and O–H groups in total. The van der Waals surface area contributed by atoms with Gasteiger partial charge in [-0.25, -0.2) is 0 Å². The highest BCUT2D eigenvalue weighted by Gasteiger charge is 2.60. The third-order valence-corrected chi connectivity index (χ3v) is 5.97. The van der Waals surface area contributed by atoms with Gasteiger partial charge < -0.3 is 15.4 Å². The Morgan fingerprint density at radius 3 is 2.68 bits per heavy atom. The van der Waals surface area contributed by atoms with Crippen LogP contribution in [0.5, 0.6) is 5.88 Å². The molecule has 1 spiro atoms. The number of fused-ring (bicyclic) bond motifs is 4. The van der Waals surface area contributed by atoms with Gasteiger partial charge in [0.15, 0.2) is 0 Å². The molecule has 0 radical (unpaired) electrons. The fraction of sp³-hybridized carbons (Fsp3) is 0.208. The molecular formula is C24H21N5O2. The minimum Gasteiger partial charge on any atom is -0.420 e. The van der Waals surface area contributed by atoms with Gasteiger partial charge in [0.25, 0.3) is 0 Å². The van der Waals surface area contributed by atoms with Crippen LogP contribution in [0.15, 0.2) is 66.1 Å². The summed E-state index contributed by atoms with van der Waals surface area (Å²) in [6.07, 6.45) is 1.51. The number of para-hydroxylation sites is 1. The number of hydrogen-bond donors (Lipinski definition) is 2. The molecule has 3 heterocycles. The fourth-order valence-electron chi connectivity index (χ4n) is 4.71. The van der Waals surface area contributed by atoms with Crippen molar-refractivity contribution in [1.82, 2.24) is 10.2 Å². The van der Waals surface area contributed by atoms with E-state index in [4.69, 9.17) is 10.5 Å². The monoisotopic (exact) mass is 411 g/mol. The van der Waals surface area contributed by atoms with Crippen molar-refractivity contribution in [2.24, 2.45) is 5.73 Å². The Morgan fingerprint density at radius 2 is 1.94 bits per heavy atom. The minimum absolute atomic E-state index is 0.0886. The molecule has 1 aromatic heterocycles. The van der Waals surface area contributed by atoms with E-state index in [1.165, 1.54) is 0 Å². The Hall–Kier alpha value is -4.05. The van der Waals surface area contributed by atoms with Crippen LogP contribution in [-0.2, 0) is 23.2 Å². The number of nitriles is 1. The van der Waals surface area contributed by atoms with E-state index in [1.807, 2.05) is 61.5 Å². The largest absolute Gasteiger partial charge is 0.420 e. The summed E-state index contributed by atoms with van der Waals surface area (Å²) in [4.78, 5) is 16.0. The van der Waals surface area contributed by atoms with Crippen LogP contribution in [0.2, 0.25) is 0 Å². The number of aromatic amines is 1. The van der Waals surface area contributed by atoms with Gasteiger partial charge in [0.2, 0.25) is 17.7 Å². The van der Waals surface area contributed by atoms with Crippen LogP contribution in [-0.4, -0.2) is 16.1 Å². The summed E-state index contributed by atoms with van der Waals surface area (Å²) >= 11 is 0. The molecule has 5 rings (SSSR count). The van der Waals surface area contributed by atoms with Crippen LogP contribution in [0.3, 0.4) is 0 Å². The molecular weight excluding hydrogens is 390 g/mol. The van der Waals surface area contributed by atoms with E-state index in [9.17, 15) is 10.1 Å². The van der Waals surface area contributed by atoms with Gasteiger partial charge in [-0.15, -0.1) is 5.10 Å². The van der Waals surface area contributed by atoms with Crippen LogP contribution in [0.4, 0.5) is 5.69 Å². The summed E-state index contributed by atoms with van der Waals surface area (Å²) in [5.41, 5.74) is 8.74. The van der Waals surface area contributed by atoms with E-state index >= 15 is 0 Å². The summed E-state index contributed by atoms with van der Waals surface area (Å²) in [7, 11) is 0. The molecule has 31 heavy (non-hydrogen) atoms. The van der Waals surface area contributed by atoms with Gasteiger partial charge in [0.1, 0.15) is 17.1 Å². The molecule has 2 aromatic carbocycles. The normalized spacial score (nSPS) is 19.2. The number of nitrogens with one attached hydrogen (secondary N) is 1. The van der Waals surface area contributed by atoms with Crippen LogP contribution in [0, 0.1) is 11.3 Å². The number of ether oxygens (including phenoxy) is 1. The van der Waals surface area contributed by atoms with Gasteiger partial charge in [-0.2, -0.15) is 5.26 Å². The molecule has 0 saturated carbocycles. The summed E-state index contributed by atoms with van der Waals surface area (Å²) in [5.74, 6) is -0.0562. The zero-order chi connectivity index (χ0) is 21.6. The first-order chi connectivity index (χ1) is 15.1. The first-order valence-electron chi connectivity index (χ1n) is 10.2. The number of nitrogens with two attached hydrogens (primary N) is 1. The molecule has 1 amide bonds. The number of rotatable bonds is 4. The van der Waals surface area contributed by atoms with E-state index in [1.54, 1.807) is 4.90 Å². The summed E-state index contributed by atoms with van der Waals surface area (Å²) in [5, 5.41) is 17.4. The van der Waals surface area contributed by atoms with E-state index in [0.717, 1.165) is 28.9 Å². The summed E-state index contributed by atoms with van der Waals surface area (Å²) in [6, 6.07) is 19.5. The molecule has 0 aliphatic carbocycles. The van der Waals surface area contributed by atoms with Gasteiger partial charge in [0.05, 0.1) is 12.1 Å². The Balaban J connectivity index is 1.79. The molecule has 0 bridgehead atoms. The number of hydrogen-bond acceptors (Lipinski definition) is 5. The van der Waals surface area contributed by atoms with Crippen LogP contribution in [0.25, 0.3) is 0 Å². The predicted molar refractivity (Wildman–Crippen MR) is 115 cm³/mol. The lowest BCUT2D eigenvalue weighted by atomic mass is 9.68. The van der Waals surface area contributed by atoms with Crippen LogP contribution in [0.1, 0.15) is 35.7 Å². The van der Waals surface area contributed by atoms with Crippen molar-refractivity contribution in [1.29, 1.82) is 5.26 Å². The molecule has 3 aromatic rings. The zero-order valence-electron chi connectivity index (χ0n) is 17.1. The van der Waals surface area contributed by atoms with Gasteiger partial charge in [-0.1, -0.05) is 61.9 Å². The molecule has 154 valence electrons. The Bertz CT molecular complexity index is 1250. The predicted octanol–water partition coefficient (Wildman–Crippen LogP) is 3.28. The lowest BCUT2D eigenvalue weighted by Gasteiger charge is -2.32. The molecule has 2 aliphatic heterocycles. The average molecular weight is 411 g/mol. The number of benzene rings is 2. The topological polar surface area (TPSA) is 108 Å². The first kappa shape index (κ1) is 18.9. The molecule has 2 aliphatic rings. The third kappa shape index (κ3) is 2.51. The maximum atomic E-state index is 14.3. The van der Waals surface area contributed by atoms with Crippen molar-refractivity contribution in [3.8, 4) is 11.9 Å². The van der Waals surface area contributed by atoms with Crippen LogP contribution < -0.4 is 15.4 Å². The van der Waals surface area contributed by atoms with E-state index in [2.05, 4.69) is 16.3 Å². The Kier molecular flexibility index (Phi) is 4.29.